The molecule has 0 aliphatic heterocycles. The fraction of sp³-hybridized carbons (Fsp3) is 0.308. The van der Waals surface area contributed by atoms with E-state index in [1.165, 1.54) is 6.33 Å². The van der Waals surface area contributed by atoms with Crippen LogP contribution in [0.15, 0.2) is 36.8 Å². The molecular weight excluding hydrogens is 240 g/mol. The summed E-state index contributed by atoms with van der Waals surface area (Å²) in [5.74, 6) is 1.52. The molecule has 2 heterocycles. The number of hydrogen-bond acceptors (Lipinski definition) is 6. The molecule has 0 saturated heterocycles. The zero-order valence-electron chi connectivity index (χ0n) is 10.9. The molecule has 0 aliphatic rings. The maximum absolute atomic E-state index is 5.68. The van der Waals surface area contributed by atoms with Crippen molar-refractivity contribution < 1.29 is 0 Å². The van der Waals surface area contributed by atoms with Crippen molar-refractivity contribution in [1.82, 2.24) is 15.0 Å². The van der Waals surface area contributed by atoms with Crippen molar-refractivity contribution in [3.8, 4) is 0 Å². The van der Waals surface area contributed by atoms with E-state index in [4.69, 9.17) is 5.73 Å². The highest BCUT2D eigenvalue weighted by atomic mass is 15.1. The predicted octanol–water partition coefficient (Wildman–Crippen LogP) is 1.24. The number of anilines is 2. The van der Waals surface area contributed by atoms with Crippen molar-refractivity contribution in [2.75, 3.05) is 17.2 Å². The number of nitrogens with zero attached hydrogens (tertiary/aromatic N) is 3. The van der Waals surface area contributed by atoms with Gasteiger partial charge in [0.15, 0.2) is 0 Å². The Labute approximate surface area is 112 Å². The van der Waals surface area contributed by atoms with Crippen LogP contribution in [-0.4, -0.2) is 27.5 Å². The van der Waals surface area contributed by atoms with Crippen LogP contribution in [0.1, 0.15) is 12.6 Å². The molecule has 100 valence electrons. The second-order valence-electron chi connectivity index (χ2n) is 4.32. The van der Waals surface area contributed by atoms with Crippen LogP contribution in [0.25, 0.3) is 0 Å². The lowest BCUT2D eigenvalue weighted by Crippen LogP contribution is -2.25. The zero-order chi connectivity index (χ0) is 13.5. The molecule has 2 aromatic rings. The quantitative estimate of drug-likeness (QED) is 0.722. The maximum Gasteiger partial charge on any atom is 0.131 e. The van der Waals surface area contributed by atoms with Crippen molar-refractivity contribution in [3.63, 3.8) is 0 Å². The van der Waals surface area contributed by atoms with Gasteiger partial charge in [0, 0.05) is 24.8 Å². The molecular formula is C13H18N6. The number of pyridine rings is 1. The van der Waals surface area contributed by atoms with Gasteiger partial charge in [-0.25, -0.2) is 9.97 Å². The molecule has 6 heteroatoms. The van der Waals surface area contributed by atoms with Gasteiger partial charge in [-0.15, -0.1) is 0 Å². The van der Waals surface area contributed by atoms with Crippen LogP contribution in [0.5, 0.6) is 0 Å². The van der Waals surface area contributed by atoms with Gasteiger partial charge in [0.25, 0.3) is 0 Å². The zero-order valence-corrected chi connectivity index (χ0v) is 10.9. The minimum absolute atomic E-state index is 0.0832. The Morgan fingerprint density at radius 2 is 1.95 bits per heavy atom. The third kappa shape index (κ3) is 4.51. The van der Waals surface area contributed by atoms with Gasteiger partial charge in [-0.1, -0.05) is 6.07 Å². The van der Waals surface area contributed by atoms with E-state index in [-0.39, 0.29) is 6.04 Å². The second kappa shape index (κ2) is 6.65. The van der Waals surface area contributed by atoms with Gasteiger partial charge >= 0.3 is 0 Å². The lowest BCUT2D eigenvalue weighted by atomic mass is 10.3. The van der Waals surface area contributed by atoms with Gasteiger partial charge in [0.05, 0.1) is 12.2 Å². The highest BCUT2D eigenvalue weighted by Gasteiger charge is 2.00. The summed E-state index contributed by atoms with van der Waals surface area (Å²) in [6.07, 6.45) is 3.29. The van der Waals surface area contributed by atoms with Crippen LogP contribution < -0.4 is 16.4 Å². The molecule has 0 aromatic carbocycles. The molecule has 2 aromatic heterocycles. The van der Waals surface area contributed by atoms with E-state index in [0.717, 1.165) is 17.3 Å². The smallest absolute Gasteiger partial charge is 0.131 e. The van der Waals surface area contributed by atoms with E-state index in [1.54, 1.807) is 6.20 Å². The Hall–Kier alpha value is -2.21. The lowest BCUT2D eigenvalue weighted by molar-refractivity contribution is 0.777. The number of nitrogens with two attached hydrogens (primary N) is 1. The first-order chi connectivity index (χ1) is 9.24. The summed E-state index contributed by atoms with van der Waals surface area (Å²) in [4.78, 5) is 12.5. The van der Waals surface area contributed by atoms with Crippen molar-refractivity contribution in [3.05, 3.63) is 42.5 Å². The summed E-state index contributed by atoms with van der Waals surface area (Å²) >= 11 is 0. The van der Waals surface area contributed by atoms with Crippen molar-refractivity contribution in [2.24, 2.45) is 5.73 Å². The average molecular weight is 258 g/mol. The standard InChI is InChI=1S/C13H18N6/c1-10(14)7-16-12-6-13(19-9-18-12)17-8-11-4-2-3-5-15-11/h2-6,9-10H,7-8,14H2,1H3,(H2,16,17,18,19). The van der Waals surface area contributed by atoms with Crippen LogP contribution in [0.3, 0.4) is 0 Å². The number of hydrogen-bond donors (Lipinski definition) is 3. The van der Waals surface area contributed by atoms with Gasteiger partial charge in [-0.2, -0.15) is 0 Å². The van der Waals surface area contributed by atoms with E-state index in [9.17, 15) is 0 Å². The second-order valence-corrected chi connectivity index (χ2v) is 4.32. The first-order valence-corrected chi connectivity index (χ1v) is 6.19. The largest absolute Gasteiger partial charge is 0.368 e. The SMILES string of the molecule is CC(N)CNc1cc(NCc2ccccn2)ncn1. The van der Waals surface area contributed by atoms with E-state index < -0.39 is 0 Å². The molecule has 0 spiro atoms. The molecule has 19 heavy (non-hydrogen) atoms. The summed E-state index contributed by atoms with van der Waals surface area (Å²) in [7, 11) is 0. The molecule has 0 saturated carbocycles. The maximum atomic E-state index is 5.68. The fourth-order valence-corrected chi connectivity index (χ4v) is 1.50. The van der Waals surface area contributed by atoms with E-state index >= 15 is 0 Å². The Balaban J connectivity index is 1.91. The third-order valence-corrected chi connectivity index (χ3v) is 2.45. The third-order valence-electron chi connectivity index (χ3n) is 2.45. The Kier molecular flexibility index (Phi) is 4.63. The van der Waals surface area contributed by atoms with Gasteiger partial charge < -0.3 is 16.4 Å². The molecule has 0 bridgehead atoms. The molecule has 2 rings (SSSR count). The minimum Gasteiger partial charge on any atom is -0.368 e. The summed E-state index contributed by atoms with van der Waals surface area (Å²) in [5.41, 5.74) is 6.65. The number of aromatic nitrogens is 3. The number of nitrogens with one attached hydrogen (secondary N) is 2. The highest BCUT2D eigenvalue weighted by Crippen LogP contribution is 2.09. The van der Waals surface area contributed by atoms with Crippen LogP contribution in [0.4, 0.5) is 11.6 Å². The molecule has 0 radical (unpaired) electrons. The van der Waals surface area contributed by atoms with Crippen molar-refractivity contribution in [1.29, 1.82) is 0 Å². The minimum atomic E-state index is 0.0832. The number of rotatable bonds is 6. The van der Waals surface area contributed by atoms with Gasteiger partial charge in [-0.3, -0.25) is 4.98 Å². The van der Waals surface area contributed by atoms with Crippen LogP contribution in [0.2, 0.25) is 0 Å². The van der Waals surface area contributed by atoms with Gasteiger partial charge in [-0.05, 0) is 19.1 Å². The molecule has 6 nitrogen and oxygen atoms in total. The lowest BCUT2D eigenvalue weighted by Gasteiger charge is -2.09. The Bertz CT molecular complexity index is 499. The first-order valence-electron chi connectivity index (χ1n) is 6.19. The summed E-state index contributed by atoms with van der Waals surface area (Å²) in [5, 5.41) is 6.36. The molecule has 4 N–H and O–H groups in total. The average Bonchev–Trinajstić information content (AvgIpc) is 2.44. The van der Waals surface area contributed by atoms with Crippen LogP contribution >= 0.6 is 0 Å². The fourth-order valence-electron chi connectivity index (χ4n) is 1.50. The summed E-state index contributed by atoms with van der Waals surface area (Å²) in [6.45, 7) is 3.25. The van der Waals surface area contributed by atoms with Crippen molar-refractivity contribution in [2.45, 2.75) is 19.5 Å². The van der Waals surface area contributed by atoms with Crippen molar-refractivity contribution >= 4 is 11.6 Å². The van der Waals surface area contributed by atoms with Gasteiger partial charge in [0.2, 0.25) is 0 Å². The van der Waals surface area contributed by atoms with Gasteiger partial charge in [0.1, 0.15) is 18.0 Å². The summed E-state index contributed by atoms with van der Waals surface area (Å²) < 4.78 is 0. The molecule has 0 fully saturated rings. The topological polar surface area (TPSA) is 88.8 Å². The summed E-state index contributed by atoms with van der Waals surface area (Å²) in [6, 6.07) is 7.75. The van der Waals surface area contributed by atoms with Crippen LogP contribution in [0, 0.1) is 0 Å². The van der Waals surface area contributed by atoms with E-state index in [0.29, 0.717) is 13.1 Å². The van der Waals surface area contributed by atoms with E-state index in [2.05, 4.69) is 25.6 Å². The Morgan fingerprint density at radius 1 is 1.16 bits per heavy atom. The molecule has 1 unspecified atom stereocenters. The molecule has 0 aliphatic carbocycles. The first kappa shape index (κ1) is 13.2. The Morgan fingerprint density at radius 3 is 2.63 bits per heavy atom. The molecule has 0 amide bonds. The highest BCUT2D eigenvalue weighted by molar-refractivity contribution is 5.46. The molecule has 1 atom stereocenters. The predicted molar refractivity (Wildman–Crippen MR) is 75.7 cm³/mol. The van der Waals surface area contributed by atoms with Crippen LogP contribution in [-0.2, 0) is 6.54 Å². The monoisotopic (exact) mass is 258 g/mol. The normalized spacial score (nSPS) is 11.9. The van der Waals surface area contributed by atoms with E-state index in [1.807, 2.05) is 31.2 Å².